The first-order valence-electron chi connectivity index (χ1n) is 4.16. The van der Waals surface area contributed by atoms with Crippen molar-refractivity contribution in [1.29, 1.82) is 0 Å². The lowest BCUT2D eigenvalue weighted by Gasteiger charge is -2.00. The van der Waals surface area contributed by atoms with Crippen LogP contribution < -0.4 is 5.32 Å². The minimum absolute atomic E-state index is 0.122. The summed E-state index contributed by atoms with van der Waals surface area (Å²) < 4.78 is 0.983. The molecule has 1 N–H and O–H groups in total. The Kier molecular flexibility index (Phi) is 1.44. The molecule has 2 aromatic rings. The third kappa shape index (κ3) is 0.861. The van der Waals surface area contributed by atoms with Crippen LogP contribution in [-0.4, -0.2) is 10.9 Å². The largest absolute Gasteiger partial charge is 0.320 e. The lowest BCUT2D eigenvalue weighted by atomic mass is 10.1. The van der Waals surface area contributed by atoms with Crippen LogP contribution in [0.25, 0.3) is 10.8 Å². The predicted molar refractivity (Wildman–Crippen MR) is 57.4 cm³/mol. The molecule has 4 heteroatoms. The molecule has 3 nitrogen and oxygen atoms in total. The number of hydrogen-bond acceptors (Lipinski definition) is 2. The van der Waals surface area contributed by atoms with Crippen molar-refractivity contribution in [2.24, 2.45) is 0 Å². The van der Waals surface area contributed by atoms with E-state index in [4.69, 9.17) is 0 Å². The van der Waals surface area contributed by atoms with Gasteiger partial charge >= 0.3 is 0 Å². The Morgan fingerprint density at radius 2 is 2.14 bits per heavy atom. The standard InChI is InChI=1S/C10H5BrN2O/c11-6-1-2-7-8-5(6)3-4-12-9(8)10(14)13-7/h1-4H,(H,13,14). The highest BCUT2D eigenvalue weighted by Gasteiger charge is 2.22. The van der Waals surface area contributed by atoms with Crippen molar-refractivity contribution in [3.8, 4) is 0 Å². The highest BCUT2D eigenvalue weighted by molar-refractivity contribution is 9.10. The molecule has 0 bridgehead atoms. The highest BCUT2D eigenvalue weighted by atomic mass is 79.9. The number of pyridine rings is 1. The number of anilines is 1. The van der Waals surface area contributed by atoms with Crippen molar-refractivity contribution in [2.75, 3.05) is 5.32 Å². The molecule has 0 aliphatic carbocycles. The Morgan fingerprint density at radius 3 is 3.00 bits per heavy atom. The van der Waals surface area contributed by atoms with Gasteiger partial charge in [-0.3, -0.25) is 9.78 Å². The quantitative estimate of drug-likeness (QED) is 0.779. The van der Waals surface area contributed by atoms with Crippen LogP contribution in [0.15, 0.2) is 28.9 Å². The number of aromatic nitrogens is 1. The van der Waals surface area contributed by atoms with E-state index in [0.717, 1.165) is 20.9 Å². The molecule has 1 aliphatic rings. The second-order valence-corrected chi connectivity index (χ2v) is 3.99. The van der Waals surface area contributed by atoms with Gasteiger partial charge in [-0.1, -0.05) is 15.9 Å². The monoisotopic (exact) mass is 248 g/mol. The van der Waals surface area contributed by atoms with Gasteiger partial charge in [-0.15, -0.1) is 0 Å². The predicted octanol–water partition coefficient (Wildman–Crippen LogP) is 2.56. The van der Waals surface area contributed by atoms with E-state index in [1.165, 1.54) is 0 Å². The number of hydrogen-bond donors (Lipinski definition) is 1. The van der Waals surface area contributed by atoms with E-state index >= 15 is 0 Å². The van der Waals surface area contributed by atoms with Crippen LogP contribution in [-0.2, 0) is 0 Å². The summed E-state index contributed by atoms with van der Waals surface area (Å²) in [4.78, 5) is 15.5. The summed E-state index contributed by atoms with van der Waals surface area (Å²) in [6.45, 7) is 0. The van der Waals surface area contributed by atoms with Gasteiger partial charge in [0.1, 0.15) is 5.69 Å². The second-order valence-electron chi connectivity index (χ2n) is 3.13. The number of rotatable bonds is 0. The molecule has 0 atom stereocenters. The van der Waals surface area contributed by atoms with Crippen molar-refractivity contribution >= 4 is 38.3 Å². The van der Waals surface area contributed by atoms with Crippen LogP contribution in [0.3, 0.4) is 0 Å². The second kappa shape index (κ2) is 2.54. The molecule has 0 spiro atoms. The number of nitrogens with zero attached hydrogens (tertiary/aromatic N) is 1. The van der Waals surface area contributed by atoms with Crippen molar-refractivity contribution in [3.05, 3.63) is 34.6 Å². The van der Waals surface area contributed by atoms with Crippen molar-refractivity contribution in [3.63, 3.8) is 0 Å². The van der Waals surface area contributed by atoms with Crippen LogP contribution in [0.5, 0.6) is 0 Å². The van der Waals surface area contributed by atoms with Gasteiger partial charge in [0, 0.05) is 21.4 Å². The molecular weight excluding hydrogens is 244 g/mol. The SMILES string of the molecule is O=C1Nc2ccc(Br)c3ccnc1c23. The number of amides is 1. The van der Waals surface area contributed by atoms with E-state index in [0.29, 0.717) is 5.69 Å². The van der Waals surface area contributed by atoms with E-state index in [-0.39, 0.29) is 5.91 Å². The summed E-state index contributed by atoms with van der Waals surface area (Å²) in [6.07, 6.45) is 1.65. The van der Waals surface area contributed by atoms with Crippen molar-refractivity contribution in [1.82, 2.24) is 4.98 Å². The smallest absolute Gasteiger partial charge is 0.274 e. The van der Waals surface area contributed by atoms with E-state index in [1.54, 1.807) is 6.20 Å². The maximum absolute atomic E-state index is 11.5. The van der Waals surface area contributed by atoms with E-state index in [9.17, 15) is 4.79 Å². The zero-order chi connectivity index (χ0) is 9.71. The maximum atomic E-state index is 11.5. The summed E-state index contributed by atoms with van der Waals surface area (Å²) >= 11 is 3.45. The van der Waals surface area contributed by atoms with Crippen molar-refractivity contribution in [2.45, 2.75) is 0 Å². The van der Waals surface area contributed by atoms with Crippen LogP contribution in [0.2, 0.25) is 0 Å². The Balaban J connectivity index is 2.58. The first-order chi connectivity index (χ1) is 6.77. The summed E-state index contributed by atoms with van der Waals surface area (Å²) in [7, 11) is 0. The molecule has 1 aromatic heterocycles. The average molecular weight is 249 g/mol. The number of carbonyl (C=O) groups excluding carboxylic acids is 1. The lowest BCUT2D eigenvalue weighted by Crippen LogP contribution is -2.05. The number of benzene rings is 1. The Labute approximate surface area is 88.3 Å². The molecule has 3 rings (SSSR count). The molecule has 0 saturated carbocycles. The minimum Gasteiger partial charge on any atom is -0.320 e. The molecule has 0 fully saturated rings. The van der Waals surface area contributed by atoms with Gasteiger partial charge in [0.2, 0.25) is 0 Å². The molecular formula is C10H5BrN2O. The fraction of sp³-hybridized carbons (Fsp3) is 0. The molecule has 1 amide bonds. The van der Waals surface area contributed by atoms with Crippen LogP contribution in [0.4, 0.5) is 5.69 Å². The highest BCUT2D eigenvalue weighted by Crippen LogP contribution is 2.35. The summed E-state index contributed by atoms with van der Waals surface area (Å²) in [5.41, 5.74) is 1.36. The van der Waals surface area contributed by atoms with Gasteiger partial charge in [-0.05, 0) is 18.2 Å². The Morgan fingerprint density at radius 1 is 1.29 bits per heavy atom. The fourth-order valence-corrected chi connectivity index (χ4v) is 2.18. The summed E-state index contributed by atoms with van der Waals surface area (Å²) in [5, 5.41) is 4.70. The lowest BCUT2D eigenvalue weighted by molar-refractivity contribution is 0.102. The third-order valence-corrected chi connectivity index (χ3v) is 3.03. The van der Waals surface area contributed by atoms with Crippen LogP contribution in [0.1, 0.15) is 10.5 Å². The van der Waals surface area contributed by atoms with E-state index in [2.05, 4.69) is 26.2 Å². The van der Waals surface area contributed by atoms with Crippen LogP contribution in [0, 0.1) is 0 Å². The first kappa shape index (κ1) is 7.94. The molecule has 14 heavy (non-hydrogen) atoms. The van der Waals surface area contributed by atoms with Crippen molar-refractivity contribution < 1.29 is 4.79 Å². The molecule has 1 aliphatic heterocycles. The zero-order valence-electron chi connectivity index (χ0n) is 7.04. The van der Waals surface area contributed by atoms with E-state index in [1.807, 2.05) is 18.2 Å². The molecule has 0 radical (unpaired) electrons. The molecule has 68 valence electrons. The summed E-state index contributed by atoms with van der Waals surface area (Å²) in [5.74, 6) is -0.122. The van der Waals surface area contributed by atoms with Gasteiger partial charge in [0.15, 0.2) is 0 Å². The van der Waals surface area contributed by atoms with Gasteiger partial charge in [-0.25, -0.2) is 0 Å². The summed E-state index contributed by atoms with van der Waals surface area (Å²) in [6, 6.07) is 5.70. The topological polar surface area (TPSA) is 42.0 Å². The molecule has 2 heterocycles. The third-order valence-electron chi connectivity index (χ3n) is 2.34. The number of nitrogens with one attached hydrogen (secondary N) is 1. The van der Waals surface area contributed by atoms with Gasteiger partial charge in [-0.2, -0.15) is 0 Å². The van der Waals surface area contributed by atoms with Crippen LogP contribution >= 0.6 is 15.9 Å². The van der Waals surface area contributed by atoms with Gasteiger partial charge < -0.3 is 5.32 Å². The first-order valence-corrected chi connectivity index (χ1v) is 4.95. The average Bonchev–Trinajstić information content (AvgIpc) is 2.52. The Bertz CT molecular complexity index is 565. The van der Waals surface area contributed by atoms with E-state index < -0.39 is 0 Å². The fourth-order valence-electron chi connectivity index (χ4n) is 1.72. The maximum Gasteiger partial charge on any atom is 0.274 e. The van der Waals surface area contributed by atoms with Gasteiger partial charge in [0.05, 0.1) is 5.69 Å². The normalized spacial score (nSPS) is 13.4. The molecule has 0 saturated heterocycles. The number of carbonyl (C=O) groups is 1. The molecule has 1 aromatic carbocycles. The minimum atomic E-state index is -0.122. The molecule has 0 unspecified atom stereocenters. The van der Waals surface area contributed by atoms with Gasteiger partial charge in [0.25, 0.3) is 5.91 Å². The Hall–Kier alpha value is -1.42. The number of halogens is 1. The zero-order valence-corrected chi connectivity index (χ0v) is 8.63.